The van der Waals surface area contributed by atoms with Crippen LogP contribution in [-0.2, 0) is 14.3 Å². The summed E-state index contributed by atoms with van der Waals surface area (Å²) in [5.74, 6) is 0.400. The van der Waals surface area contributed by atoms with Gasteiger partial charge in [0.15, 0.2) is 0 Å². The van der Waals surface area contributed by atoms with Gasteiger partial charge in [-0.25, -0.2) is 0 Å². The average Bonchev–Trinajstić information content (AvgIpc) is 3.22. The quantitative estimate of drug-likeness (QED) is 0.778. The van der Waals surface area contributed by atoms with E-state index in [1.165, 1.54) is 19.3 Å². The lowest BCUT2D eigenvalue weighted by Crippen LogP contribution is -2.30. The van der Waals surface area contributed by atoms with Crippen molar-refractivity contribution >= 4 is 5.97 Å². The molecule has 2 heterocycles. The highest BCUT2D eigenvalue weighted by Crippen LogP contribution is 2.49. The summed E-state index contributed by atoms with van der Waals surface area (Å²) >= 11 is 0. The molecule has 0 aromatic rings. The normalized spacial score (nSPS) is 53.2. The molecule has 2 saturated carbocycles. The molecule has 2 saturated heterocycles. The summed E-state index contributed by atoms with van der Waals surface area (Å²) in [7, 11) is 0. The van der Waals surface area contributed by atoms with Crippen LogP contribution in [0.5, 0.6) is 0 Å². The molecular weight excluding hydrogens is 232 g/mol. The molecule has 0 radical (unpaired) electrons. The zero-order valence-electron chi connectivity index (χ0n) is 10.5. The monoisotopic (exact) mass is 252 g/mol. The van der Waals surface area contributed by atoms with E-state index < -0.39 is 5.97 Å². The van der Waals surface area contributed by atoms with Crippen LogP contribution in [0, 0.1) is 17.8 Å². The first-order valence-electron chi connectivity index (χ1n) is 7.24. The lowest BCUT2D eigenvalue weighted by molar-refractivity contribution is -0.143. The minimum atomic E-state index is -0.636. The van der Waals surface area contributed by atoms with Crippen molar-refractivity contribution in [3.8, 4) is 0 Å². The number of hydrogen-bond acceptors (Lipinski definition) is 3. The van der Waals surface area contributed by atoms with Gasteiger partial charge in [-0.2, -0.15) is 0 Å². The van der Waals surface area contributed by atoms with Gasteiger partial charge in [0.2, 0.25) is 0 Å². The summed E-state index contributed by atoms with van der Waals surface area (Å²) in [6.45, 7) is 0. The number of carboxylic acids is 1. The zero-order chi connectivity index (χ0) is 12.3. The predicted molar refractivity (Wildman–Crippen MR) is 63.1 cm³/mol. The first kappa shape index (κ1) is 11.2. The van der Waals surface area contributed by atoms with Crippen molar-refractivity contribution in [2.75, 3.05) is 0 Å². The highest BCUT2D eigenvalue weighted by Gasteiger charge is 2.53. The second-order valence-electron chi connectivity index (χ2n) is 6.53. The highest BCUT2D eigenvalue weighted by atomic mass is 16.6. The van der Waals surface area contributed by atoms with Crippen LogP contribution >= 0.6 is 0 Å². The highest BCUT2D eigenvalue weighted by molar-refractivity contribution is 5.70. The first-order valence-corrected chi connectivity index (χ1v) is 7.24. The van der Waals surface area contributed by atoms with Gasteiger partial charge in [-0.15, -0.1) is 0 Å². The molecule has 0 spiro atoms. The molecular formula is C14H20O4. The van der Waals surface area contributed by atoms with Gasteiger partial charge in [-0.05, 0) is 50.4 Å². The second-order valence-corrected chi connectivity index (χ2v) is 6.53. The lowest BCUT2D eigenvalue weighted by Gasteiger charge is -2.28. The molecule has 2 aliphatic heterocycles. The third-order valence-electron chi connectivity index (χ3n) is 5.29. The number of rotatable bonds is 3. The Morgan fingerprint density at radius 1 is 1.06 bits per heavy atom. The minimum absolute atomic E-state index is 0.174. The van der Waals surface area contributed by atoms with Crippen LogP contribution in [0.1, 0.15) is 38.5 Å². The van der Waals surface area contributed by atoms with Crippen molar-refractivity contribution in [2.45, 2.75) is 62.9 Å². The van der Waals surface area contributed by atoms with Gasteiger partial charge in [-0.1, -0.05) is 0 Å². The van der Waals surface area contributed by atoms with Crippen LogP contribution in [0.15, 0.2) is 0 Å². The summed E-state index contributed by atoms with van der Waals surface area (Å²) in [5, 5.41) is 9.17. The van der Waals surface area contributed by atoms with E-state index in [2.05, 4.69) is 0 Å². The van der Waals surface area contributed by atoms with Gasteiger partial charge >= 0.3 is 5.97 Å². The molecule has 0 bridgehead atoms. The average molecular weight is 252 g/mol. The predicted octanol–water partition coefficient (Wildman–Crippen LogP) is 1.82. The van der Waals surface area contributed by atoms with E-state index in [-0.39, 0.29) is 12.0 Å². The van der Waals surface area contributed by atoms with Crippen molar-refractivity contribution in [3.63, 3.8) is 0 Å². The largest absolute Gasteiger partial charge is 0.481 e. The number of ether oxygens (including phenoxy) is 2. The van der Waals surface area contributed by atoms with E-state index in [0.717, 1.165) is 25.2 Å². The van der Waals surface area contributed by atoms with Gasteiger partial charge in [0.25, 0.3) is 0 Å². The van der Waals surface area contributed by atoms with E-state index in [1.54, 1.807) is 0 Å². The molecule has 4 heteroatoms. The molecule has 4 aliphatic rings. The van der Waals surface area contributed by atoms with Crippen molar-refractivity contribution < 1.29 is 19.4 Å². The van der Waals surface area contributed by atoms with E-state index in [9.17, 15) is 9.90 Å². The van der Waals surface area contributed by atoms with Crippen LogP contribution in [0.2, 0.25) is 0 Å². The number of hydrogen-bond donors (Lipinski definition) is 1. The molecule has 0 aromatic heterocycles. The summed E-state index contributed by atoms with van der Waals surface area (Å²) in [6.07, 6.45) is 8.07. The maximum absolute atomic E-state index is 11.1. The van der Waals surface area contributed by atoms with Crippen LogP contribution in [0.25, 0.3) is 0 Å². The summed E-state index contributed by atoms with van der Waals surface area (Å²) in [4.78, 5) is 11.1. The van der Waals surface area contributed by atoms with Crippen LogP contribution in [0.3, 0.4) is 0 Å². The Bertz CT molecular complexity index is 369. The number of epoxide rings is 2. The van der Waals surface area contributed by atoms with Gasteiger partial charge in [-0.3, -0.25) is 4.79 Å². The smallest absolute Gasteiger partial charge is 0.306 e. The van der Waals surface area contributed by atoms with E-state index in [0.29, 0.717) is 24.2 Å². The Balaban J connectivity index is 1.37. The molecule has 0 aromatic carbocycles. The Morgan fingerprint density at radius 3 is 2.72 bits per heavy atom. The maximum Gasteiger partial charge on any atom is 0.306 e. The Labute approximate surface area is 107 Å². The number of aliphatic carboxylic acids is 1. The van der Waals surface area contributed by atoms with Crippen LogP contribution in [-0.4, -0.2) is 35.5 Å². The second kappa shape index (κ2) is 3.94. The van der Waals surface area contributed by atoms with Gasteiger partial charge < -0.3 is 14.6 Å². The Morgan fingerprint density at radius 2 is 1.94 bits per heavy atom. The molecule has 2 aliphatic carbocycles. The van der Waals surface area contributed by atoms with Crippen LogP contribution in [0.4, 0.5) is 0 Å². The Hall–Kier alpha value is -0.610. The molecule has 0 amide bonds. The van der Waals surface area contributed by atoms with Crippen LogP contribution < -0.4 is 0 Å². The molecule has 7 unspecified atom stereocenters. The molecule has 7 atom stereocenters. The molecule has 1 N–H and O–H groups in total. The molecule has 100 valence electrons. The van der Waals surface area contributed by atoms with Gasteiger partial charge in [0, 0.05) is 0 Å². The minimum Gasteiger partial charge on any atom is -0.481 e. The fourth-order valence-corrected chi connectivity index (χ4v) is 4.20. The summed E-state index contributed by atoms with van der Waals surface area (Å²) < 4.78 is 11.2. The van der Waals surface area contributed by atoms with E-state index in [4.69, 9.17) is 9.47 Å². The van der Waals surface area contributed by atoms with Crippen molar-refractivity contribution in [1.82, 2.24) is 0 Å². The van der Waals surface area contributed by atoms with Crippen molar-refractivity contribution in [3.05, 3.63) is 0 Å². The SMILES string of the molecule is O=C(O)C1CC(CC2CCC3OC3C2)C2OC2C1. The molecule has 4 fully saturated rings. The number of fused-ring (bicyclic) bond motifs is 2. The van der Waals surface area contributed by atoms with Gasteiger partial charge in [0.05, 0.1) is 30.3 Å². The molecule has 4 nitrogen and oxygen atoms in total. The topological polar surface area (TPSA) is 62.4 Å². The summed E-state index contributed by atoms with van der Waals surface area (Å²) in [6, 6.07) is 0. The zero-order valence-corrected chi connectivity index (χ0v) is 10.5. The molecule has 18 heavy (non-hydrogen) atoms. The third kappa shape index (κ3) is 1.95. The van der Waals surface area contributed by atoms with E-state index in [1.807, 2.05) is 0 Å². The van der Waals surface area contributed by atoms with Gasteiger partial charge in [0.1, 0.15) is 0 Å². The number of carboxylic acid groups (broad SMARTS) is 1. The number of carbonyl (C=O) groups is 1. The van der Waals surface area contributed by atoms with Crippen molar-refractivity contribution in [1.29, 1.82) is 0 Å². The Kier molecular flexibility index (Phi) is 2.46. The van der Waals surface area contributed by atoms with Crippen molar-refractivity contribution in [2.24, 2.45) is 17.8 Å². The maximum atomic E-state index is 11.1. The fraction of sp³-hybridized carbons (Fsp3) is 0.929. The fourth-order valence-electron chi connectivity index (χ4n) is 4.20. The lowest BCUT2D eigenvalue weighted by atomic mass is 9.74. The molecule has 4 rings (SSSR count). The first-order chi connectivity index (χ1) is 8.70. The summed E-state index contributed by atoms with van der Waals surface area (Å²) in [5.41, 5.74) is 0. The standard InChI is InChI=1S/C14H20O4/c15-14(16)9-5-8(13-12(6-9)18-13)3-7-1-2-10-11(4-7)17-10/h7-13H,1-6H2,(H,15,16). The third-order valence-corrected chi connectivity index (χ3v) is 5.29. The van der Waals surface area contributed by atoms with E-state index >= 15 is 0 Å².